The third kappa shape index (κ3) is 2.50. The van der Waals surface area contributed by atoms with Crippen molar-refractivity contribution in [1.29, 1.82) is 0 Å². The van der Waals surface area contributed by atoms with Gasteiger partial charge in [-0.25, -0.2) is 4.79 Å². The molecule has 1 fully saturated rings. The van der Waals surface area contributed by atoms with Crippen LogP contribution >= 0.6 is 0 Å². The van der Waals surface area contributed by atoms with Gasteiger partial charge in [0.15, 0.2) is 0 Å². The van der Waals surface area contributed by atoms with E-state index in [1.165, 1.54) is 25.7 Å². The number of aryl methyl sites for hydroxylation is 1. The molecule has 0 amide bonds. The SMILES string of the molecule is CCN(c1ccc(C(=O)O)c(C)c1)C1CCCC1. The van der Waals surface area contributed by atoms with Gasteiger partial charge in [0, 0.05) is 18.3 Å². The molecule has 0 heterocycles. The Bertz CT molecular complexity index is 436. The number of hydrogen-bond donors (Lipinski definition) is 1. The number of carbonyl (C=O) groups is 1. The number of nitrogens with zero attached hydrogens (tertiary/aromatic N) is 1. The van der Waals surface area contributed by atoms with E-state index in [0.29, 0.717) is 11.6 Å². The summed E-state index contributed by atoms with van der Waals surface area (Å²) in [5.41, 5.74) is 2.41. The first-order chi connectivity index (χ1) is 8.63. The van der Waals surface area contributed by atoms with Crippen LogP contribution < -0.4 is 4.90 Å². The summed E-state index contributed by atoms with van der Waals surface area (Å²) in [6.45, 7) is 5.02. The third-order valence-corrected chi connectivity index (χ3v) is 3.88. The number of carboxylic acids is 1. The highest BCUT2D eigenvalue weighted by atomic mass is 16.4. The van der Waals surface area contributed by atoms with Crippen molar-refractivity contribution in [3.63, 3.8) is 0 Å². The smallest absolute Gasteiger partial charge is 0.335 e. The van der Waals surface area contributed by atoms with Crippen LogP contribution in [0, 0.1) is 6.92 Å². The zero-order valence-corrected chi connectivity index (χ0v) is 11.1. The zero-order valence-electron chi connectivity index (χ0n) is 11.1. The lowest BCUT2D eigenvalue weighted by Crippen LogP contribution is -2.33. The van der Waals surface area contributed by atoms with Crippen molar-refractivity contribution in [1.82, 2.24) is 0 Å². The van der Waals surface area contributed by atoms with Gasteiger partial charge < -0.3 is 10.0 Å². The topological polar surface area (TPSA) is 40.5 Å². The zero-order chi connectivity index (χ0) is 13.1. The van der Waals surface area contributed by atoms with Crippen LogP contribution in [-0.4, -0.2) is 23.7 Å². The first-order valence-corrected chi connectivity index (χ1v) is 6.74. The highest BCUT2D eigenvalue weighted by molar-refractivity contribution is 5.89. The van der Waals surface area contributed by atoms with Gasteiger partial charge in [-0.3, -0.25) is 0 Å². The van der Waals surface area contributed by atoms with Gasteiger partial charge >= 0.3 is 5.97 Å². The molecule has 1 aromatic rings. The predicted octanol–water partition coefficient (Wildman–Crippen LogP) is 3.46. The quantitative estimate of drug-likeness (QED) is 0.885. The monoisotopic (exact) mass is 247 g/mol. The van der Waals surface area contributed by atoms with Crippen molar-refractivity contribution in [3.8, 4) is 0 Å². The summed E-state index contributed by atoms with van der Waals surface area (Å²) in [7, 11) is 0. The largest absolute Gasteiger partial charge is 0.478 e. The number of aromatic carboxylic acids is 1. The molecule has 2 rings (SSSR count). The van der Waals surface area contributed by atoms with Crippen LogP contribution in [-0.2, 0) is 0 Å². The van der Waals surface area contributed by atoms with Crippen molar-refractivity contribution in [3.05, 3.63) is 29.3 Å². The summed E-state index contributed by atoms with van der Waals surface area (Å²) < 4.78 is 0. The van der Waals surface area contributed by atoms with Crippen molar-refractivity contribution in [2.45, 2.75) is 45.6 Å². The van der Waals surface area contributed by atoms with E-state index in [4.69, 9.17) is 5.11 Å². The molecule has 1 saturated carbocycles. The molecule has 1 N–H and O–H groups in total. The van der Waals surface area contributed by atoms with Crippen LogP contribution in [0.2, 0.25) is 0 Å². The minimum absolute atomic E-state index is 0.404. The van der Waals surface area contributed by atoms with Gasteiger partial charge in [-0.15, -0.1) is 0 Å². The second-order valence-corrected chi connectivity index (χ2v) is 5.03. The number of benzene rings is 1. The average molecular weight is 247 g/mol. The van der Waals surface area contributed by atoms with E-state index in [-0.39, 0.29) is 0 Å². The maximum Gasteiger partial charge on any atom is 0.335 e. The van der Waals surface area contributed by atoms with E-state index in [1.54, 1.807) is 6.07 Å². The van der Waals surface area contributed by atoms with E-state index < -0.39 is 5.97 Å². The number of rotatable bonds is 4. The molecule has 1 aliphatic rings. The van der Waals surface area contributed by atoms with Crippen molar-refractivity contribution >= 4 is 11.7 Å². The third-order valence-electron chi connectivity index (χ3n) is 3.88. The van der Waals surface area contributed by atoms with Crippen LogP contribution in [0.4, 0.5) is 5.69 Å². The first-order valence-electron chi connectivity index (χ1n) is 6.74. The fourth-order valence-electron chi connectivity index (χ4n) is 2.93. The van der Waals surface area contributed by atoms with E-state index >= 15 is 0 Å². The predicted molar refractivity (Wildman–Crippen MR) is 73.4 cm³/mol. The number of anilines is 1. The summed E-state index contributed by atoms with van der Waals surface area (Å²) >= 11 is 0. The molecule has 98 valence electrons. The molecule has 0 radical (unpaired) electrons. The van der Waals surface area contributed by atoms with Gasteiger partial charge in [-0.1, -0.05) is 12.8 Å². The maximum absolute atomic E-state index is 11.0. The van der Waals surface area contributed by atoms with Crippen LogP contribution in [0.1, 0.15) is 48.5 Å². The van der Waals surface area contributed by atoms with E-state index in [1.807, 2.05) is 19.1 Å². The van der Waals surface area contributed by atoms with Gasteiger partial charge in [-0.05, 0) is 50.5 Å². The molecule has 3 heteroatoms. The molecule has 1 aliphatic carbocycles. The summed E-state index contributed by atoms with van der Waals surface area (Å²) in [6, 6.07) is 6.30. The molecule has 0 atom stereocenters. The highest BCUT2D eigenvalue weighted by Gasteiger charge is 2.22. The number of carboxylic acid groups (broad SMARTS) is 1. The molecule has 3 nitrogen and oxygen atoms in total. The van der Waals surface area contributed by atoms with Crippen LogP contribution in [0.3, 0.4) is 0 Å². The second-order valence-electron chi connectivity index (χ2n) is 5.03. The summed E-state index contributed by atoms with van der Waals surface area (Å²) in [5, 5.41) is 9.05. The Labute approximate surface area is 108 Å². The summed E-state index contributed by atoms with van der Waals surface area (Å²) in [5.74, 6) is -0.844. The van der Waals surface area contributed by atoms with E-state index in [9.17, 15) is 4.79 Å². The van der Waals surface area contributed by atoms with Crippen molar-refractivity contribution in [2.75, 3.05) is 11.4 Å². The molecule has 0 aliphatic heterocycles. The molecule has 0 aromatic heterocycles. The van der Waals surface area contributed by atoms with Crippen LogP contribution in [0.5, 0.6) is 0 Å². The Morgan fingerprint density at radius 3 is 2.56 bits per heavy atom. The lowest BCUT2D eigenvalue weighted by molar-refractivity contribution is 0.0696. The van der Waals surface area contributed by atoms with Crippen molar-refractivity contribution < 1.29 is 9.90 Å². The molecule has 1 aromatic carbocycles. The maximum atomic E-state index is 11.0. The Morgan fingerprint density at radius 1 is 1.39 bits per heavy atom. The minimum atomic E-state index is -0.844. The Morgan fingerprint density at radius 2 is 2.06 bits per heavy atom. The number of hydrogen-bond acceptors (Lipinski definition) is 2. The Hall–Kier alpha value is -1.51. The first kappa shape index (κ1) is 12.9. The Kier molecular flexibility index (Phi) is 3.90. The second kappa shape index (κ2) is 5.42. The minimum Gasteiger partial charge on any atom is -0.478 e. The van der Waals surface area contributed by atoms with Crippen molar-refractivity contribution in [2.24, 2.45) is 0 Å². The highest BCUT2D eigenvalue weighted by Crippen LogP contribution is 2.29. The molecular weight excluding hydrogens is 226 g/mol. The molecular formula is C15H21NO2. The van der Waals surface area contributed by atoms with Gasteiger partial charge in [-0.2, -0.15) is 0 Å². The lowest BCUT2D eigenvalue weighted by atomic mass is 10.1. The standard InChI is InChI=1S/C15H21NO2/c1-3-16(12-6-4-5-7-12)13-8-9-14(15(17)18)11(2)10-13/h8-10,12H,3-7H2,1-2H3,(H,17,18). The molecule has 0 bridgehead atoms. The summed E-state index contributed by atoms with van der Waals surface area (Å²) in [4.78, 5) is 13.4. The molecule has 0 spiro atoms. The molecule has 18 heavy (non-hydrogen) atoms. The van der Waals surface area contributed by atoms with Gasteiger partial charge in [0.05, 0.1) is 5.56 Å². The fourth-order valence-corrected chi connectivity index (χ4v) is 2.93. The lowest BCUT2D eigenvalue weighted by Gasteiger charge is -2.30. The van der Waals surface area contributed by atoms with Crippen LogP contribution in [0.25, 0.3) is 0 Å². The average Bonchev–Trinajstić information content (AvgIpc) is 2.83. The fraction of sp³-hybridized carbons (Fsp3) is 0.533. The van der Waals surface area contributed by atoms with E-state index in [2.05, 4.69) is 11.8 Å². The summed E-state index contributed by atoms with van der Waals surface area (Å²) in [6.07, 6.45) is 5.14. The van der Waals surface area contributed by atoms with E-state index in [0.717, 1.165) is 17.8 Å². The van der Waals surface area contributed by atoms with Gasteiger partial charge in [0.25, 0.3) is 0 Å². The molecule has 0 unspecified atom stereocenters. The van der Waals surface area contributed by atoms with Crippen LogP contribution in [0.15, 0.2) is 18.2 Å². The Balaban J connectivity index is 2.26. The van der Waals surface area contributed by atoms with Gasteiger partial charge in [0.2, 0.25) is 0 Å². The molecule has 0 saturated heterocycles. The normalized spacial score (nSPS) is 15.9. The van der Waals surface area contributed by atoms with Gasteiger partial charge in [0.1, 0.15) is 0 Å².